The zero-order valence-electron chi connectivity index (χ0n) is 17.3. The van der Waals surface area contributed by atoms with Crippen molar-refractivity contribution in [2.24, 2.45) is 0 Å². The number of nitrogens with zero attached hydrogens (tertiary/aromatic N) is 2. The highest BCUT2D eigenvalue weighted by atomic mass is 16.3. The fraction of sp³-hybridized carbons (Fsp3) is 0.0400. The van der Waals surface area contributed by atoms with Gasteiger partial charge >= 0.3 is 0 Å². The quantitative estimate of drug-likeness (QED) is 0.415. The lowest BCUT2D eigenvalue weighted by Gasteiger charge is -2.23. The lowest BCUT2D eigenvalue weighted by Crippen LogP contribution is -2.26. The molecule has 0 fully saturated rings. The number of fused-ring (bicyclic) bond motifs is 3. The first-order valence-electron chi connectivity index (χ1n) is 10.2. The minimum Gasteiger partial charge on any atom is -0.505 e. The standard InChI is InChI=1S/C25H18N4O4/c30-20-6-3-13-26-24(20)25(33)27-16-8-10-17(11-9-16)29-19-12-7-15-4-1-2-5-18(15)23(19)28-21(31)14-22(29)32/h1-13,30H,14H2,(H,27,33)(H,28,31). The van der Waals surface area contributed by atoms with Crippen molar-refractivity contribution >= 4 is 51.2 Å². The molecule has 1 aliphatic heterocycles. The monoisotopic (exact) mass is 438 g/mol. The van der Waals surface area contributed by atoms with E-state index in [9.17, 15) is 19.5 Å². The minimum atomic E-state index is -0.557. The van der Waals surface area contributed by atoms with Crippen LogP contribution in [0.25, 0.3) is 10.8 Å². The summed E-state index contributed by atoms with van der Waals surface area (Å²) in [6, 6.07) is 20.9. The number of rotatable bonds is 3. The maximum atomic E-state index is 13.0. The molecule has 33 heavy (non-hydrogen) atoms. The van der Waals surface area contributed by atoms with Crippen LogP contribution >= 0.6 is 0 Å². The number of benzene rings is 3. The molecule has 8 nitrogen and oxygen atoms in total. The van der Waals surface area contributed by atoms with Gasteiger partial charge in [-0.3, -0.25) is 19.3 Å². The van der Waals surface area contributed by atoms with Gasteiger partial charge in [0.05, 0.1) is 11.4 Å². The fourth-order valence-corrected chi connectivity index (χ4v) is 3.85. The predicted octanol–water partition coefficient (Wildman–Crippen LogP) is 4.20. The molecular weight excluding hydrogens is 420 g/mol. The normalized spacial score (nSPS) is 13.3. The number of nitrogens with one attached hydrogen (secondary N) is 2. The molecule has 3 N–H and O–H groups in total. The summed E-state index contributed by atoms with van der Waals surface area (Å²) in [5.74, 6) is -1.52. The van der Waals surface area contributed by atoms with Crippen LogP contribution in [-0.4, -0.2) is 27.8 Å². The molecule has 0 saturated heterocycles. The molecule has 1 aliphatic rings. The van der Waals surface area contributed by atoms with Gasteiger partial charge in [-0.25, -0.2) is 4.98 Å². The van der Waals surface area contributed by atoms with E-state index in [1.54, 1.807) is 30.3 Å². The highest BCUT2D eigenvalue weighted by molar-refractivity contribution is 6.21. The first-order chi connectivity index (χ1) is 16.0. The van der Waals surface area contributed by atoms with Crippen molar-refractivity contribution in [3.63, 3.8) is 0 Å². The van der Waals surface area contributed by atoms with Crippen molar-refractivity contribution in [3.8, 4) is 5.75 Å². The van der Waals surface area contributed by atoms with Gasteiger partial charge < -0.3 is 15.7 Å². The molecule has 4 aromatic rings. The van der Waals surface area contributed by atoms with Crippen LogP contribution in [0.4, 0.5) is 22.7 Å². The van der Waals surface area contributed by atoms with Crippen LogP contribution in [0.5, 0.6) is 5.75 Å². The molecule has 0 spiro atoms. The first-order valence-corrected chi connectivity index (χ1v) is 10.2. The van der Waals surface area contributed by atoms with Gasteiger partial charge in [-0.2, -0.15) is 0 Å². The largest absolute Gasteiger partial charge is 0.505 e. The van der Waals surface area contributed by atoms with Crippen LogP contribution in [0.1, 0.15) is 16.9 Å². The lowest BCUT2D eigenvalue weighted by molar-refractivity contribution is -0.124. The Morgan fingerprint density at radius 2 is 1.76 bits per heavy atom. The molecule has 0 aliphatic carbocycles. The molecule has 5 rings (SSSR count). The molecule has 0 saturated carbocycles. The number of amides is 3. The highest BCUT2D eigenvalue weighted by Crippen LogP contribution is 2.40. The van der Waals surface area contributed by atoms with Crippen LogP contribution in [0.3, 0.4) is 0 Å². The van der Waals surface area contributed by atoms with Crippen molar-refractivity contribution in [1.82, 2.24) is 4.98 Å². The Morgan fingerprint density at radius 1 is 0.970 bits per heavy atom. The number of aromatic nitrogens is 1. The van der Waals surface area contributed by atoms with Crippen molar-refractivity contribution in [1.29, 1.82) is 0 Å². The second-order valence-corrected chi connectivity index (χ2v) is 7.51. The van der Waals surface area contributed by atoms with E-state index in [0.717, 1.165) is 10.8 Å². The molecule has 1 aromatic heterocycles. The van der Waals surface area contributed by atoms with Gasteiger partial charge in [0.2, 0.25) is 11.8 Å². The first kappa shape index (κ1) is 20.2. The molecule has 0 bridgehead atoms. The number of carbonyl (C=O) groups is 3. The maximum Gasteiger partial charge on any atom is 0.278 e. The van der Waals surface area contributed by atoms with E-state index in [0.29, 0.717) is 22.7 Å². The summed E-state index contributed by atoms with van der Waals surface area (Å²) in [6.07, 6.45) is 1.12. The second kappa shape index (κ2) is 8.08. The summed E-state index contributed by atoms with van der Waals surface area (Å²) in [5, 5.41) is 17.1. The Balaban J connectivity index is 1.50. The Morgan fingerprint density at radius 3 is 2.55 bits per heavy atom. The Bertz CT molecular complexity index is 1420. The summed E-state index contributed by atoms with van der Waals surface area (Å²) in [6.45, 7) is 0. The van der Waals surface area contributed by atoms with Gasteiger partial charge in [0.25, 0.3) is 5.91 Å². The SMILES string of the molecule is O=C1CC(=O)N(c2ccc(NC(=O)c3ncccc3O)cc2)c2ccc3ccccc3c2N1. The van der Waals surface area contributed by atoms with Crippen molar-refractivity contribution < 1.29 is 19.5 Å². The molecule has 2 heterocycles. The molecular formula is C25H18N4O4. The molecule has 3 aromatic carbocycles. The molecule has 8 heteroatoms. The highest BCUT2D eigenvalue weighted by Gasteiger charge is 2.28. The summed E-state index contributed by atoms with van der Waals surface area (Å²) >= 11 is 0. The molecule has 3 amide bonds. The van der Waals surface area contributed by atoms with Crippen molar-refractivity contribution in [2.45, 2.75) is 6.42 Å². The number of hydrogen-bond donors (Lipinski definition) is 3. The van der Waals surface area contributed by atoms with Crippen LogP contribution in [0, 0.1) is 0 Å². The van der Waals surface area contributed by atoms with E-state index in [1.165, 1.54) is 23.2 Å². The number of carbonyl (C=O) groups excluding carboxylic acids is 3. The van der Waals surface area contributed by atoms with E-state index in [-0.39, 0.29) is 29.7 Å². The third-order valence-corrected chi connectivity index (χ3v) is 5.36. The van der Waals surface area contributed by atoms with Crippen molar-refractivity contribution in [2.75, 3.05) is 15.5 Å². The Hall–Kier alpha value is -4.72. The average Bonchev–Trinajstić information content (AvgIpc) is 2.94. The van der Waals surface area contributed by atoms with E-state index in [4.69, 9.17) is 0 Å². The van der Waals surface area contributed by atoms with Gasteiger partial charge in [0.1, 0.15) is 12.2 Å². The predicted molar refractivity (Wildman–Crippen MR) is 125 cm³/mol. The zero-order chi connectivity index (χ0) is 22.9. The van der Waals surface area contributed by atoms with Crippen LogP contribution in [0.15, 0.2) is 79.0 Å². The molecule has 0 atom stereocenters. The summed E-state index contributed by atoms with van der Waals surface area (Å²) in [7, 11) is 0. The number of pyridine rings is 1. The van der Waals surface area contributed by atoms with E-state index >= 15 is 0 Å². The lowest BCUT2D eigenvalue weighted by atomic mass is 10.1. The average molecular weight is 438 g/mol. The van der Waals surface area contributed by atoms with Gasteiger partial charge in [-0.05, 0) is 47.9 Å². The summed E-state index contributed by atoms with van der Waals surface area (Å²) < 4.78 is 0. The van der Waals surface area contributed by atoms with Crippen LogP contribution in [0.2, 0.25) is 0 Å². The smallest absolute Gasteiger partial charge is 0.278 e. The Kier molecular flexibility index (Phi) is 4.95. The summed E-state index contributed by atoms with van der Waals surface area (Å²) in [5.41, 5.74) is 2.07. The number of anilines is 4. The maximum absolute atomic E-state index is 13.0. The minimum absolute atomic E-state index is 0.0883. The van der Waals surface area contributed by atoms with Crippen molar-refractivity contribution in [3.05, 3.63) is 84.7 Å². The summed E-state index contributed by atoms with van der Waals surface area (Å²) in [4.78, 5) is 43.1. The number of aromatic hydroxyl groups is 1. The van der Waals surface area contributed by atoms with E-state index in [2.05, 4.69) is 15.6 Å². The number of hydrogen-bond acceptors (Lipinski definition) is 5. The van der Waals surface area contributed by atoms with Crippen LogP contribution in [-0.2, 0) is 9.59 Å². The van der Waals surface area contributed by atoms with Gasteiger partial charge in [0.15, 0.2) is 5.69 Å². The van der Waals surface area contributed by atoms with Gasteiger partial charge in [-0.15, -0.1) is 0 Å². The van der Waals surface area contributed by atoms with Gasteiger partial charge in [-0.1, -0.05) is 30.3 Å². The topological polar surface area (TPSA) is 112 Å². The zero-order valence-corrected chi connectivity index (χ0v) is 17.3. The van der Waals surface area contributed by atoms with Gasteiger partial charge in [0, 0.05) is 23.0 Å². The third-order valence-electron chi connectivity index (χ3n) is 5.36. The third kappa shape index (κ3) is 3.74. The van der Waals surface area contributed by atoms with Crippen LogP contribution < -0.4 is 15.5 Å². The van der Waals surface area contributed by atoms with E-state index < -0.39 is 5.91 Å². The fourth-order valence-electron chi connectivity index (χ4n) is 3.85. The molecule has 0 radical (unpaired) electrons. The molecule has 162 valence electrons. The molecule has 0 unspecified atom stereocenters. The Labute approximate surface area is 188 Å². The second-order valence-electron chi connectivity index (χ2n) is 7.51. The van der Waals surface area contributed by atoms with E-state index in [1.807, 2.05) is 30.3 Å².